The summed E-state index contributed by atoms with van der Waals surface area (Å²) in [5.41, 5.74) is 1.49. The molecule has 0 aliphatic carbocycles. The second-order valence-electron chi connectivity index (χ2n) is 6.41. The molecule has 2 aromatic rings. The maximum absolute atomic E-state index is 12.6. The topological polar surface area (TPSA) is 64.6 Å². The average Bonchev–Trinajstić information content (AvgIpc) is 2.61. The van der Waals surface area contributed by atoms with Crippen molar-refractivity contribution in [3.8, 4) is 5.75 Å². The van der Waals surface area contributed by atoms with Crippen LogP contribution in [-0.2, 0) is 20.7 Å². The summed E-state index contributed by atoms with van der Waals surface area (Å²) >= 11 is 6.27. The number of hydrogen-bond donors (Lipinski definition) is 1. The molecule has 0 bridgehead atoms. The van der Waals surface area contributed by atoms with Crippen LogP contribution < -0.4 is 10.1 Å². The fourth-order valence-electron chi connectivity index (χ4n) is 2.69. The maximum Gasteiger partial charge on any atom is 0.308 e. The van der Waals surface area contributed by atoms with E-state index in [1.54, 1.807) is 45.2 Å². The minimum Gasteiger partial charge on any atom is -0.497 e. The molecule has 0 spiro atoms. The van der Waals surface area contributed by atoms with Crippen LogP contribution in [0.1, 0.15) is 37.4 Å². The molecule has 0 fully saturated rings. The Morgan fingerprint density at radius 1 is 1.11 bits per heavy atom. The first-order chi connectivity index (χ1) is 12.9. The minimum absolute atomic E-state index is 0.00572. The van der Waals surface area contributed by atoms with Crippen LogP contribution in [0, 0.1) is 0 Å². The Balaban J connectivity index is 2.14. The summed E-state index contributed by atoms with van der Waals surface area (Å²) in [4.78, 5) is 24.7. The molecule has 27 heavy (non-hydrogen) atoms. The normalized spacial score (nSPS) is 11.7. The molecule has 6 heteroatoms. The lowest BCUT2D eigenvalue weighted by Gasteiger charge is -2.20. The van der Waals surface area contributed by atoms with E-state index in [0.717, 1.165) is 5.56 Å². The van der Waals surface area contributed by atoms with E-state index in [4.69, 9.17) is 21.1 Å². The molecule has 2 aromatic carbocycles. The Bertz CT molecular complexity index is 791. The Kier molecular flexibility index (Phi) is 7.67. The second-order valence-corrected chi connectivity index (χ2v) is 6.82. The lowest BCUT2D eigenvalue weighted by atomic mass is 10.0. The van der Waals surface area contributed by atoms with Gasteiger partial charge in [-0.05, 0) is 43.2 Å². The summed E-state index contributed by atoms with van der Waals surface area (Å²) in [6.45, 7) is 3.56. The van der Waals surface area contributed by atoms with E-state index in [1.807, 2.05) is 24.3 Å². The molecule has 0 saturated heterocycles. The SMILES string of the molecule is COc1cccc(CC(=O)N[C@H](CC(=O)OC(C)C)c2ccccc2Cl)c1. The van der Waals surface area contributed by atoms with Crippen molar-refractivity contribution >= 4 is 23.5 Å². The standard InChI is InChI=1S/C21H24ClNO4/c1-14(2)27-21(25)13-19(17-9-4-5-10-18(17)22)23-20(24)12-15-7-6-8-16(11-15)26-3/h4-11,14,19H,12-13H2,1-3H3,(H,23,24)/t19-/m1/s1. The number of carbonyl (C=O) groups excluding carboxylic acids is 2. The van der Waals surface area contributed by atoms with Gasteiger partial charge >= 0.3 is 5.97 Å². The zero-order valence-corrected chi connectivity index (χ0v) is 16.5. The highest BCUT2D eigenvalue weighted by Crippen LogP contribution is 2.26. The van der Waals surface area contributed by atoms with Crippen molar-refractivity contribution in [1.29, 1.82) is 0 Å². The zero-order valence-electron chi connectivity index (χ0n) is 15.7. The molecule has 0 aliphatic heterocycles. The van der Waals surface area contributed by atoms with Gasteiger partial charge in [0.25, 0.3) is 0 Å². The van der Waals surface area contributed by atoms with Crippen molar-refractivity contribution in [1.82, 2.24) is 5.32 Å². The van der Waals surface area contributed by atoms with E-state index < -0.39 is 12.0 Å². The number of methoxy groups -OCH3 is 1. The highest BCUT2D eigenvalue weighted by molar-refractivity contribution is 6.31. The van der Waals surface area contributed by atoms with Crippen LogP contribution in [0.4, 0.5) is 0 Å². The number of ether oxygens (including phenoxy) is 2. The molecule has 5 nitrogen and oxygen atoms in total. The van der Waals surface area contributed by atoms with Crippen molar-refractivity contribution in [2.75, 3.05) is 7.11 Å². The van der Waals surface area contributed by atoms with Crippen LogP contribution in [0.25, 0.3) is 0 Å². The summed E-state index contributed by atoms with van der Waals surface area (Å²) in [7, 11) is 1.58. The zero-order chi connectivity index (χ0) is 19.8. The molecule has 144 valence electrons. The number of rotatable bonds is 8. The summed E-state index contributed by atoms with van der Waals surface area (Å²) < 4.78 is 10.4. The van der Waals surface area contributed by atoms with Crippen molar-refractivity contribution in [2.45, 2.75) is 38.8 Å². The van der Waals surface area contributed by atoms with E-state index in [9.17, 15) is 9.59 Å². The molecule has 1 N–H and O–H groups in total. The number of carbonyl (C=O) groups is 2. The lowest BCUT2D eigenvalue weighted by molar-refractivity contribution is -0.148. The van der Waals surface area contributed by atoms with Crippen molar-refractivity contribution < 1.29 is 19.1 Å². The van der Waals surface area contributed by atoms with Crippen molar-refractivity contribution in [3.05, 3.63) is 64.7 Å². The summed E-state index contributed by atoms with van der Waals surface area (Å²) in [5.74, 6) is 0.0746. The van der Waals surface area contributed by atoms with Crippen LogP contribution >= 0.6 is 11.6 Å². The molecule has 0 heterocycles. The Labute approximate surface area is 164 Å². The highest BCUT2D eigenvalue weighted by Gasteiger charge is 2.22. The quantitative estimate of drug-likeness (QED) is 0.690. The van der Waals surface area contributed by atoms with E-state index in [-0.39, 0.29) is 24.9 Å². The van der Waals surface area contributed by atoms with E-state index in [1.165, 1.54) is 0 Å². The number of nitrogens with one attached hydrogen (secondary N) is 1. The fraction of sp³-hybridized carbons (Fsp3) is 0.333. The number of hydrogen-bond acceptors (Lipinski definition) is 4. The molecule has 0 aliphatic rings. The first-order valence-electron chi connectivity index (χ1n) is 8.75. The number of amides is 1. The predicted molar refractivity (Wildman–Crippen MR) is 105 cm³/mol. The Morgan fingerprint density at radius 2 is 1.85 bits per heavy atom. The van der Waals surface area contributed by atoms with Gasteiger partial charge in [0.05, 0.1) is 32.1 Å². The lowest BCUT2D eigenvalue weighted by Crippen LogP contribution is -2.32. The van der Waals surface area contributed by atoms with Crippen LogP contribution in [0.15, 0.2) is 48.5 Å². The Hall–Kier alpha value is -2.53. The molecule has 1 atom stereocenters. The van der Waals surface area contributed by atoms with Crippen LogP contribution in [0.5, 0.6) is 5.75 Å². The van der Waals surface area contributed by atoms with Crippen LogP contribution in [0.3, 0.4) is 0 Å². The predicted octanol–water partition coefficient (Wildman–Crippen LogP) is 4.09. The van der Waals surface area contributed by atoms with Gasteiger partial charge < -0.3 is 14.8 Å². The summed E-state index contributed by atoms with van der Waals surface area (Å²) in [5, 5.41) is 3.39. The molecule has 0 unspecified atom stereocenters. The summed E-state index contributed by atoms with van der Waals surface area (Å²) in [6, 6.07) is 13.9. The van der Waals surface area contributed by atoms with Crippen molar-refractivity contribution in [2.24, 2.45) is 0 Å². The number of halogens is 1. The smallest absolute Gasteiger partial charge is 0.308 e. The van der Waals surface area contributed by atoms with E-state index in [2.05, 4.69) is 5.32 Å². The van der Waals surface area contributed by atoms with E-state index in [0.29, 0.717) is 16.3 Å². The second kappa shape index (κ2) is 9.97. The van der Waals surface area contributed by atoms with Crippen LogP contribution in [0.2, 0.25) is 5.02 Å². The van der Waals surface area contributed by atoms with Gasteiger partial charge in [0.2, 0.25) is 5.91 Å². The van der Waals surface area contributed by atoms with Gasteiger partial charge in [-0.25, -0.2) is 0 Å². The first kappa shape index (κ1) is 20.8. The van der Waals surface area contributed by atoms with Gasteiger partial charge in [-0.3, -0.25) is 9.59 Å². The molecule has 1 amide bonds. The first-order valence-corrected chi connectivity index (χ1v) is 9.13. The monoisotopic (exact) mass is 389 g/mol. The average molecular weight is 390 g/mol. The number of benzene rings is 2. The number of esters is 1. The third-order valence-electron chi connectivity index (χ3n) is 3.85. The van der Waals surface area contributed by atoms with Gasteiger partial charge in [-0.2, -0.15) is 0 Å². The fourth-order valence-corrected chi connectivity index (χ4v) is 2.95. The molecule has 0 aromatic heterocycles. The largest absolute Gasteiger partial charge is 0.497 e. The molecule has 0 saturated carbocycles. The third-order valence-corrected chi connectivity index (χ3v) is 4.20. The third kappa shape index (κ3) is 6.61. The summed E-state index contributed by atoms with van der Waals surface area (Å²) in [6.07, 6.45) is -0.0553. The van der Waals surface area contributed by atoms with Crippen LogP contribution in [-0.4, -0.2) is 25.1 Å². The Morgan fingerprint density at radius 3 is 2.52 bits per heavy atom. The highest BCUT2D eigenvalue weighted by atomic mass is 35.5. The van der Waals surface area contributed by atoms with Gasteiger partial charge in [-0.1, -0.05) is 41.9 Å². The minimum atomic E-state index is -0.567. The molecular weight excluding hydrogens is 366 g/mol. The van der Waals surface area contributed by atoms with Gasteiger partial charge in [0, 0.05) is 5.02 Å². The van der Waals surface area contributed by atoms with Gasteiger partial charge in [-0.15, -0.1) is 0 Å². The maximum atomic E-state index is 12.6. The van der Waals surface area contributed by atoms with Crippen molar-refractivity contribution in [3.63, 3.8) is 0 Å². The molecule has 2 rings (SSSR count). The molecule has 0 radical (unpaired) electrons. The van der Waals surface area contributed by atoms with E-state index >= 15 is 0 Å². The molecular formula is C21H24ClNO4. The van der Waals surface area contributed by atoms with Gasteiger partial charge in [0.15, 0.2) is 0 Å². The van der Waals surface area contributed by atoms with Gasteiger partial charge in [0.1, 0.15) is 5.75 Å².